The Hall–Kier alpha value is -2.22. The van der Waals surface area contributed by atoms with Crippen LogP contribution >= 0.6 is 0 Å². The van der Waals surface area contributed by atoms with Crippen molar-refractivity contribution in [3.8, 4) is 0 Å². The molecule has 0 unspecified atom stereocenters. The monoisotopic (exact) mass is 387 g/mol. The van der Waals surface area contributed by atoms with E-state index in [9.17, 15) is 13.2 Å². The van der Waals surface area contributed by atoms with Gasteiger partial charge < -0.3 is 4.90 Å². The zero-order valence-electron chi connectivity index (χ0n) is 15.7. The summed E-state index contributed by atoms with van der Waals surface area (Å²) in [4.78, 5) is 17.2. The second-order valence-corrected chi connectivity index (χ2v) is 8.62. The number of carbonyl (C=O) groups is 1. The van der Waals surface area contributed by atoms with Crippen LogP contribution in [-0.2, 0) is 16.6 Å². The highest BCUT2D eigenvalue weighted by Gasteiger charge is 2.24. The van der Waals surface area contributed by atoms with Crippen LogP contribution in [0.2, 0.25) is 0 Å². The maximum atomic E-state index is 12.9. The quantitative estimate of drug-likeness (QED) is 0.850. The summed E-state index contributed by atoms with van der Waals surface area (Å²) >= 11 is 0. The van der Waals surface area contributed by atoms with Crippen molar-refractivity contribution in [1.29, 1.82) is 0 Å². The maximum Gasteiger partial charge on any atom is 0.254 e. The van der Waals surface area contributed by atoms with E-state index in [4.69, 9.17) is 0 Å². The molecule has 0 saturated carbocycles. The van der Waals surface area contributed by atoms with Crippen molar-refractivity contribution < 1.29 is 13.2 Å². The van der Waals surface area contributed by atoms with Crippen molar-refractivity contribution >= 4 is 15.9 Å². The molecule has 144 valence electrons. The number of rotatable bonds is 5. The van der Waals surface area contributed by atoms with E-state index in [1.807, 2.05) is 25.1 Å². The molecule has 0 spiro atoms. The minimum absolute atomic E-state index is 0.111. The van der Waals surface area contributed by atoms with Gasteiger partial charge in [0.1, 0.15) is 0 Å². The van der Waals surface area contributed by atoms with Crippen LogP contribution in [-0.4, -0.2) is 57.4 Å². The van der Waals surface area contributed by atoms with E-state index in [1.54, 1.807) is 11.0 Å². The minimum Gasteiger partial charge on any atom is -0.336 e. The number of hydrogen-bond donors (Lipinski definition) is 1. The van der Waals surface area contributed by atoms with Gasteiger partial charge in [0.05, 0.1) is 4.90 Å². The summed E-state index contributed by atoms with van der Waals surface area (Å²) in [6, 6.07) is 15.0. The zero-order valence-corrected chi connectivity index (χ0v) is 16.5. The Labute approximate surface area is 160 Å². The third-order valence-corrected chi connectivity index (χ3v) is 6.34. The van der Waals surface area contributed by atoms with Gasteiger partial charge in [-0.15, -0.1) is 0 Å². The smallest absolute Gasteiger partial charge is 0.254 e. The van der Waals surface area contributed by atoms with Crippen molar-refractivity contribution in [3.05, 3.63) is 65.2 Å². The second-order valence-electron chi connectivity index (χ2n) is 6.74. The van der Waals surface area contributed by atoms with Crippen LogP contribution in [0.5, 0.6) is 0 Å². The first-order valence-electron chi connectivity index (χ1n) is 9.00. The average Bonchev–Trinajstić information content (AvgIpc) is 2.69. The lowest BCUT2D eigenvalue weighted by Gasteiger charge is -2.35. The van der Waals surface area contributed by atoms with Gasteiger partial charge >= 0.3 is 0 Å². The number of nitrogens with zero attached hydrogens (tertiary/aromatic N) is 2. The van der Waals surface area contributed by atoms with Gasteiger partial charge in [-0.3, -0.25) is 9.69 Å². The van der Waals surface area contributed by atoms with E-state index in [2.05, 4.69) is 21.8 Å². The normalized spacial score (nSPS) is 15.7. The molecule has 1 amide bonds. The Balaban J connectivity index is 1.68. The lowest BCUT2D eigenvalue weighted by molar-refractivity contribution is 0.0627. The molecule has 1 heterocycles. The summed E-state index contributed by atoms with van der Waals surface area (Å²) in [5.74, 6) is -0.111. The molecule has 0 atom stereocenters. The number of aryl methyl sites for hydroxylation is 1. The number of sulfonamides is 1. The van der Waals surface area contributed by atoms with Crippen molar-refractivity contribution in [2.75, 3.05) is 33.2 Å². The largest absolute Gasteiger partial charge is 0.336 e. The number of piperazine rings is 1. The first kappa shape index (κ1) is 19.5. The van der Waals surface area contributed by atoms with Crippen LogP contribution in [0.15, 0.2) is 53.4 Å². The van der Waals surface area contributed by atoms with Crippen molar-refractivity contribution in [2.24, 2.45) is 0 Å². The van der Waals surface area contributed by atoms with Gasteiger partial charge in [-0.1, -0.05) is 36.4 Å². The summed E-state index contributed by atoms with van der Waals surface area (Å²) < 4.78 is 26.4. The lowest BCUT2D eigenvalue weighted by atomic mass is 10.1. The number of hydrogen-bond acceptors (Lipinski definition) is 4. The minimum atomic E-state index is -3.57. The molecule has 1 fully saturated rings. The van der Waals surface area contributed by atoms with E-state index in [0.717, 1.165) is 25.2 Å². The highest BCUT2D eigenvalue weighted by atomic mass is 32.2. The van der Waals surface area contributed by atoms with Gasteiger partial charge in [-0.2, -0.15) is 0 Å². The van der Waals surface area contributed by atoms with Crippen LogP contribution in [0.3, 0.4) is 0 Å². The maximum absolute atomic E-state index is 12.9. The van der Waals surface area contributed by atoms with Gasteiger partial charge in [-0.25, -0.2) is 13.1 Å². The predicted octanol–water partition coefficient (Wildman–Crippen LogP) is 1.86. The molecule has 3 rings (SSSR count). The fourth-order valence-electron chi connectivity index (χ4n) is 3.24. The second kappa shape index (κ2) is 8.21. The summed E-state index contributed by atoms with van der Waals surface area (Å²) in [5.41, 5.74) is 2.49. The summed E-state index contributed by atoms with van der Waals surface area (Å²) in [7, 11) is -2.21. The SMILES string of the molecule is CNS(=O)(=O)c1ccc(C)c(C(=O)N2CCN(Cc3ccccc3)CC2)c1. The molecule has 0 aromatic heterocycles. The topological polar surface area (TPSA) is 69.7 Å². The van der Waals surface area contributed by atoms with Crippen LogP contribution in [0.25, 0.3) is 0 Å². The molecule has 1 aliphatic heterocycles. The summed E-state index contributed by atoms with van der Waals surface area (Å²) in [6.07, 6.45) is 0. The average molecular weight is 388 g/mol. The third kappa shape index (κ3) is 4.55. The molecular formula is C20H25N3O3S. The van der Waals surface area contributed by atoms with E-state index < -0.39 is 10.0 Å². The van der Waals surface area contributed by atoms with Crippen LogP contribution in [0.1, 0.15) is 21.5 Å². The molecule has 1 N–H and O–H groups in total. The first-order chi connectivity index (χ1) is 12.9. The fraction of sp³-hybridized carbons (Fsp3) is 0.350. The molecule has 2 aromatic rings. The number of amides is 1. The van der Waals surface area contributed by atoms with E-state index in [0.29, 0.717) is 18.7 Å². The first-order valence-corrected chi connectivity index (χ1v) is 10.5. The molecule has 0 radical (unpaired) electrons. The van der Waals surface area contributed by atoms with Crippen molar-refractivity contribution in [1.82, 2.24) is 14.5 Å². The van der Waals surface area contributed by atoms with Crippen molar-refractivity contribution in [2.45, 2.75) is 18.4 Å². The molecule has 0 bridgehead atoms. The Morgan fingerprint density at radius 1 is 1.04 bits per heavy atom. The molecule has 7 heteroatoms. The van der Waals surface area contributed by atoms with Gasteiger partial charge in [0.2, 0.25) is 10.0 Å². The van der Waals surface area contributed by atoms with E-state index in [1.165, 1.54) is 24.7 Å². The molecule has 1 aliphatic rings. The van der Waals surface area contributed by atoms with Gasteiger partial charge in [0, 0.05) is 38.3 Å². The van der Waals surface area contributed by atoms with E-state index >= 15 is 0 Å². The standard InChI is InChI=1S/C20H25N3O3S/c1-16-8-9-18(27(25,26)21-2)14-19(16)20(24)23-12-10-22(11-13-23)15-17-6-4-3-5-7-17/h3-9,14,21H,10-13,15H2,1-2H3. The van der Waals surface area contributed by atoms with Gasteiger partial charge in [-0.05, 0) is 37.2 Å². The summed E-state index contributed by atoms with van der Waals surface area (Å²) in [5, 5.41) is 0. The Bertz CT molecular complexity index is 905. The van der Waals surface area contributed by atoms with Crippen molar-refractivity contribution in [3.63, 3.8) is 0 Å². The molecule has 1 saturated heterocycles. The lowest BCUT2D eigenvalue weighted by Crippen LogP contribution is -2.48. The Morgan fingerprint density at radius 2 is 1.70 bits per heavy atom. The zero-order chi connectivity index (χ0) is 19.4. The molecular weight excluding hydrogens is 362 g/mol. The summed E-state index contributed by atoms with van der Waals surface area (Å²) in [6.45, 7) is 5.57. The Kier molecular flexibility index (Phi) is 5.94. The Morgan fingerprint density at radius 3 is 2.33 bits per heavy atom. The fourth-order valence-corrected chi connectivity index (χ4v) is 3.99. The predicted molar refractivity (Wildman–Crippen MR) is 105 cm³/mol. The molecule has 2 aromatic carbocycles. The van der Waals surface area contributed by atoms with Crippen LogP contribution < -0.4 is 4.72 Å². The van der Waals surface area contributed by atoms with Gasteiger partial charge in [0.15, 0.2) is 0 Å². The molecule has 27 heavy (non-hydrogen) atoms. The van der Waals surface area contributed by atoms with Crippen LogP contribution in [0.4, 0.5) is 0 Å². The van der Waals surface area contributed by atoms with E-state index in [-0.39, 0.29) is 10.8 Å². The number of benzene rings is 2. The highest BCUT2D eigenvalue weighted by molar-refractivity contribution is 7.89. The third-order valence-electron chi connectivity index (χ3n) is 4.93. The molecule has 0 aliphatic carbocycles. The molecule has 6 nitrogen and oxygen atoms in total. The number of nitrogens with one attached hydrogen (secondary N) is 1. The number of carbonyl (C=O) groups excluding carboxylic acids is 1. The highest BCUT2D eigenvalue weighted by Crippen LogP contribution is 2.19. The van der Waals surface area contributed by atoms with Crippen LogP contribution in [0, 0.1) is 6.92 Å². The van der Waals surface area contributed by atoms with Gasteiger partial charge in [0.25, 0.3) is 5.91 Å².